The Bertz CT molecular complexity index is 4440. The summed E-state index contributed by atoms with van der Waals surface area (Å²) in [5.74, 6) is 0. The van der Waals surface area contributed by atoms with Gasteiger partial charge in [-0.05, 0) is 151 Å². The van der Waals surface area contributed by atoms with E-state index in [2.05, 4.69) is 314 Å². The zero-order valence-electron chi connectivity index (χ0n) is 45.6. The number of rotatable bonds is 13. The van der Waals surface area contributed by atoms with Crippen LogP contribution < -0.4 is 4.90 Å². The molecule has 0 unspecified atom stereocenters. The van der Waals surface area contributed by atoms with Crippen LogP contribution in [0.4, 0.5) is 17.1 Å². The average Bonchev–Trinajstić information content (AvgIpc) is 4.34. The second-order valence-corrected chi connectivity index (χ2v) is 22.1. The van der Waals surface area contributed by atoms with Crippen LogP contribution in [-0.2, 0) is 23.7 Å². The molecule has 2 nitrogen and oxygen atoms in total. The summed E-state index contributed by atoms with van der Waals surface area (Å²) in [4.78, 5) is 2.54. The lowest BCUT2D eigenvalue weighted by molar-refractivity contribution is 0.520. The number of hydrogen-bond acceptors (Lipinski definition) is 1. The summed E-state index contributed by atoms with van der Waals surface area (Å²) in [6.45, 7) is 8.28. The van der Waals surface area contributed by atoms with Gasteiger partial charge in [0.1, 0.15) is 0 Å². The molecule has 0 saturated carbocycles. The number of para-hydroxylation sites is 3. The topological polar surface area (TPSA) is 8.17 Å². The van der Waals surface area contributed by atoms with Gasteiger partial charge >= 0.3 is 0 Å². The molecule has 0 N–H and O–H groups in total. The van der Waals surface area contributed by atoms with Crippen molar-refractivity contribution in [3.05, 3.63) is 360 Å². The summed E-state index contributed by atoms with van der Waals surface area (Å²) in [5.41, 5.74) is 25.4. The van der Waals surface area contributed by atoms with E-state index in [-0.39, 0.29) is 0 Å². The van der Waals surface area contributed by atoms with Crippen LogP contribution in [0.2, 0.25) is 0 Å². The summed E-state index contributed by atoms with van der Waals surface area (Å²) in [7, 11) is 0. The first-order chi connectivity index (χ1) is 40.5. The summed E-state index contributed by atoms with van der Waals surface area (Å²) < 4.78 is 2.47. The van der Waals surface area contributed by atoms with Gasteiger partial charge in [0.15, 0.2) is 0 Å². The van der Waals surface area contributed by atoms with Crippen LogP contribution in [0, 0.1) is 0 Å². The molecule has 0 atom stereocenters. The van der Waals surface area contributed by atoms with Crippen molar-refractivity contribution in [3.8, 4) is 39.1 Å². The van der Waals surface area contributed by atoms with E-state index in [1.807, 2.05) is 12.2 Å². The van der Waals surface area contributed by atoms with Crippen LogP contribution in [0.3, 0.4) is 0 Å². The zero-order chi connectivity index (χ0) is 54.8. The third kappa shape index (κ3) is 7.70. The minimum atomic E-state index is -0.583. The molecule has 0 bridgehead atoms. The number of aromatic nitrogens is 1. The van der Waals surface area contributed by atoms with E-state index in [9.17, 15) is 0 Å². The molecular formula is C80H58N2. The smallest absolute Gasteiger partial charge is 0.0714 e. The van der Waals surface area contributed by atoms with Crippen molar-refractivity contribution >= 4 is 51.0 Å². The van der Waals surface area contributed by atoms with Crippen LogP contribution in [0.15, 0.2) is 304 Å². The van der Waals surface area contributed by atoms with Crippen molar-refractivity contribution in [2.75, 3.05) is 4.90 Å². The minimum absolute atomic E-state index is 0.527. The van der Waals surface area contributed by atoms with Gasteiger partial charge < -0.3 is 9.47 Å². The lowest BCUT2D eigenvalue weighted by atomic mass is 9.67. The highest BCUT2D eigenvalue weighted by molar-refractivity contribution is 6.09. The van der Waals surface area contributed by atoms with Crippen LogP contribution in [0.1, 0.15) is 55.6 Å². The monoisotopic (exact) mass is 1050 g/mol. The lowest BCUT2D eigenvalue weighted by Gasteiger charge is -2.36. The fraction of sp³-hybridized carbons (Fsp3) is 0.0500. The normalized spacial score (nSPS) is 13.3. The summed E-state index contributed by atoms with van der Waals surface area (Å²) in [6, 6.07) is 109. The first kappa shape index (κ1) is 48.8. The van der Waals surface area contributed by atoms with Gasteiger partial charge in [-0.1, -0.05) is 262 Å². The molecule has 2 aliphatic carbocycles. The first-order valence-corrected chi connectivity index (χ1v) is 28.5. The Morgan fingerprint density at radius 3 is 1.37 bits per heavy atom. The summed E-state index contributed by atoms with van der Waals surface area (Å²) in [5, 5.41) is 2.50. The molecule has 13 aromatic rings. The Balaban J connectivity index is 1.01. The van der Waals surface area contributed by atoms with E-state index in [1.165, 1.54) is 88.6 Å². The maximum absolute atomic E-state index is 4.14. The lowest BCUT2D eigenvalue weighted by Crippen LogP contribution is -2.31. The second kappa shape index (κ2) is 19.8. The highest BCUT2D eigenvalue weighted by atomic mass is 15.1. The van der Waals surface area contributed by atoms with Crippen molar-refractivity contribution in [2.24, 2.45) is 0 Å². The third-order valence-electron chi connectivity index (χ3n) is 17.8. The highest BCUT2D eigenvalue weighted by Crippen LogP contribution is 2.59. The van der Waals surface area contributed by atoms with E-state index in [4.69, 9.17) is 0 Å². The number of benzene rings is 12. The van der Waals surface area contributed by atoms with Crippen molar-refractivity contribution < 1.29 is 0 Å². The number of fused-ring (bicyclic) bond motifs is 9. The number of hydrogen-bond donors (Lipinski definition) is 0. The maximum atomic E-state index is 4.14. The molecule has 0 spiro atoms. The molecule has 12 aromatic carbocycles. The van der Waals surface area contributed by atoms with Gasteiger partial charge in [-0.3, -0.25) is 0 Å². The van der Waals surface area contributed by atoms with Gasteiger partial charge in [0.05, 0.1) is 22.1 Å². The van der Waals surface area contributed by atoms with E-state index < -0.39 is 10.8 Å². The van der Waals surface area contributed by atoms with Gasteiger partial charge in [-0.2, -0.15) is 0 Å². The number of anilines is 3. The molecule has 2 aliphatic rings. The van der Waals surface area contributed by atoms with Crippen molar-refractivity contribution in [3.63, 3.8) is 0 Å². The van der Waals surface area contributed by atoms with Gasteiger partial charge in [-0.15, -0.1) is 0 Å². The van der Waals surface area contributed by atoms with Crippen molar-refractivity contribution in [1.82, 2.24) is 4.57 Å². The largest absolute Gasteiger partial charge is 0.310 e. The van der Waals surface area contributed by atoms with Crippen molar-refractivity contribution in [1.29, 1.82) is 0 Å². The standard InChI is InChI=1S/C80H58N2/c1-3-55-36-40-57(41-37-55)53-79(54-58-42-38-56(4-2)39-43-58)73-50-62(44-47-67(73)68-48-46-64(51-74(68)79)82-77-34-20-16-30-70(77)71-31-17-21-35-78(71)82)81(76-33-19-15-28-65(76)59-22-8-5-9-23-59)63-45-49-69-66-29-14-18-32-72(66)80(75(69)52-63,60-24-10-6-11-25-60)61-26-12-7-13-27-61/h3-52H,1-2,53-54H2. The minimum Gasteiger partial charge on any atom is -0.310 e. The van der Waals surface area contributed by atoms with Crippen molar-refractivity contribution in [2.45, 2.75) is 23.7 Å². The van der Waals surface area contributed by atoms with Crippen LogP contribution >= 0.6 is 0 Å². The third-order valence-corrected chi connectivity index (χ3v) is 17.8. The molecule has 0 radical (unpaired) electrons. The SMILES string of the molecule is C=Cc1ccc(CC2(Cc3ccc(C=C)cc3)c3cc(N(c4ccc5c(c4)C(c4ccccc4)(c4ccccc4)c4ccccc4-5)c4ccccc4-c4ccccc4)ccc3-c3ccc(-n4c5ccccc5c5ccccc54)cc32)cc1. The predicted octanol–water partition coefficient (Wildman–Crippen LogP) is 20.3. The molecule has 1 aromatic heterocycles. The zero-order valence-corrected chi connectivity index (χ0v) is 45.6. The Labute approximate surface area is 480 Å². The fourth-order valence-corrected chi connectivity index (χ4v) is 14.2. The van der Waals surface area contributed by atoms with Crippen LogP contribution in [-0.4, -0.2) is 4.57 Å². The molecule has 388 valence electrons. The molecule has 82 heavy (non-hydrogen) atoms. The summed E-state index contributed by atoms with van der Waals surface area (Å²) >= 11 is 0. The first-order valence-electron chi connectivity index (χ1n) is 28.5. The molecule has 2 heteroatoms. The molecule has 0 amide bonds. The molecule has 15 rings (SSSR count). The Hall–Kier alpha value is -10.3. The van der Waals surface area contributed by atoms with E-state index in [0.717, 1.165) is 57.8 Å². The van der Waals surface area contributed by atoms with Crippen LogP contribution in [0.5, 0.6) is 0 Å². The van der Waals surface area contributed by atoms with Crippen LogP contribution in [0.25, 0.3) is 73.0 Å². The molecule has 1 heterocycles. The average molecular weight is 1050 g/mol. The maximum Gasteiger partial charge on any atom is 0.0714 e. The highest BCUT2D eigenvalue weighted by Gasteiger charge is 2.47. The van der Waals surface area contributed by atoms with Gasteiger partial charge in [0, 0.05) is 38.8 Å². The molecular weight excluding hydrogens is 989 g/mol. The van der Waals surface area contributed by atoms with Gasteiger partial charge in [-0.25, -0.2) is 0 Å². The van der Waals surface area contributed by atoms with E-state index in [0.29, 0.717) is 0 Å². The van der Waals surface area contributed by atoms with E-state index in [1.54, 1.807) is 0 Å². The molecule has 0 aliphatic heterocycles. The van der Waals surface area contributed by atoms with E-state index >= 15 is 0 Å². The number of nitrogens with zero attached hydrogens (tertiary/aromatic N) is 2. The summed E-state index contributed by atoms with van der Waals surface area (Å²) in [6.07, 6.45) is 5.41. The predicted molar refractivity (Wildman–Crippen MR) is 345 cm³/mol. The Morgan fingerprint density at radius 1 is 0.354 bits per heavy atom. The van der Waals surface area contributed by atoms with Gasteiger partial charge in [0.25, 0.3) is 0 Å². The quantitative estimate of drug-likeness (QED) is 0.112. The second-order valence-electron chi connectivity index (χ2n) is 22.1. The van der Waals surface area contributed by atoms with Gasteiger partial charge in [0.2, 0.25) is 0 Å². The fourth-order valence-electron chi connectivity index (χ4n) is 14.2. The molecule has 0 saturated heterocycles. The molecule has 0 fully saturated rings. The Kier molecular flexibility index (Phi) is 11.8. The Morgan fingerprint density at radius 2 is 0.793 bits per heavy atom.